The van der Waals surface area contributed by atoms with E-state index < -0.39 is 0 Å². The molecule has 1 aliphatic carbocycles. The average Bonchev–Trinajstić information content (AvgIpc) is 2.47. The summed E-state index contributed by atoms with van der Waals surface area (Å²) in [5, 5.41) is 3.59. The summed E-state index contributed by atoms with van der Waals surface area (Å²) in [5.74, 6) is 3.66. The van der Waals surface area contributed by atoms with Gasteiger partial charge in [0.15, 0.2) is 0 Å². The second-order valence-corrected chi connectivity index (χ2v) is 6.68. The van der Waals surface area contributed by atoms with Crippen molar-refractivity contribution >= 4 is 0 Å². The standard InChI is InChI=1S/C17H33NO/c1-3-6-14-8-9-15(12-18-4-2)17(11-14)16-7-5-10-19-13-16/h14-18H,3-13H2,1-2H3. The third-order valence-electron chi connectivity index (χ3n) is 5.31. The fraction of sp³-hybridized carbons (Fsp3) is 1.00. The van der Waals surface area contributed by atoms with E-state index in [4.69, 9.17) is 4.74 Å². The molecule has 1 aliphatic heterocycles. The maximum Gasteiger partial charge on any atom is 0.0497 e. The molecule has 0 aromatic rings. The fourth-order valence-corrected chi connectivity index (χ4v) is 4.29. The third-order valence-corrected chi connectivity index (χ3v) is 5.31. The molecule has 1 heterocycles. The fourth-order valence-electron chi connectivity index (χ4n) is 4.29. The lowest BCUT2D eigenvalue weighted by Crippen LogP contribution is -2.39. The molecule has 2 aliphatic rings. The van der Waals surface area contributed by atoms with Gasteiger partial charge in [-0.25, -0.2) is 0 Å². The van der Waals surface area contributed by atoms with E-state index in [0.717, 1.165) is 43.4 Å². The lowest BCUT2D eigenvalue weighted by atomic mass is 9.66. The monoisotopic (exact) mass is 267 g/mol. The van der Waals surface area contributed by atoms with Crippen LogP contribution < -0.4 is 5.32 Å². The first kappa shape index (κ1) is 15.3. The van der Waals surface area contributed by atoms with Crippen LogP contribution in [0, 0.1) is 23.7 Å². The van der Waals surface area contributed by atoms with Crippen molar-refractivity contribution in [3.05, 3.63) is 0 Å². The SMILES string of the molecule is CCCC1CCC(CNCC)C(C2CCCOC2)C1. The average molecular weight is 267 g/mol. The van der Waals surface area contributed by atoms with Gasteiger partial charge in [0.2, 0.25) is 0 Å². The Hall–Kier alpha value is -0.0800. The summed E-state index contributed by atoms with van der Waals surface area (Å²) in [4.78, 5) is 0. The third kappa shape index (κ3) is 4.46. The normalized spacial score (nSPS) is 36.3. The molecule has 0 aromatic carbocycles. The van der Waals surface area contributed by atoms with Gasteiger partial charge < -0.3 is 10.1 Å². The molecule has 1 saturated carbocycles. The first-order valence-corrected chi connectivity index (χ1v) is 8.63. The molecule has 2 rings (SSSR count). The number of rotatable bonds is 6. The number of hydrogen-bond acceptors (Lipinski definition) is 2. The summed E-state index contributed by atoms with van der Waals surface area (Å²) >= 11 is 0. The van der Waals surface area contributed by atoms with Crippen LogP contribution in [0.2, 0.25) is 0 Å². The Bertz CT molecular complexity index is 237. The molecule has 4 atom stereocenters. The molecule has 0 amide bonds. The van der Waals surface area contributed by atoms with Gasteiger partial charge in [0.05, 0.1) is 0 Å². The van der Waals surface area contributed by atoms with Crippen LogP contribution in [0.4, 0.5) is 0 Å². The Balaban J connectivity index is 1.93. The van der Waals surface area contributed by atoms with Gasteiger partial charge in [-0.2, -0.15) is 0 Å². The lowest BCUT2D eigenvalue weighted by molar-refractivity contribution is -0.00347. The van der Waals surface area contributed by atoms with E-state index in [-0.39, 0.29) is 0 Å². The van der Waals surface area contributed by atoms with Gasteiger partial charge in [0, 0.05) is 13.2 Å². The summed E-state index contributed by atoms with van der Waals surface area (Å²) < 4.78 is 5.76. The summed E-state index contributed by atoms with van der Waals surface area (Å²) in [5.41, 5.74) is 0. The molecule has 112 valence electrons. The molecule has 4 unspecified atom stereocenters. The Morgan fingerprint density at radius 2 is 2.05 bits per heavy atom. The van der Waals surface area contributed by atoms with Gasteiger partial charge in [0.1, 0.15) is 0 Å². The second-order valence-electron chi connectivity index (χ2n) is 6.68. The largest absolute Gasteiger partial charge is 0.381 e. The van der Waals surface area contributed by atoms with Crippen LogP contribution >= 0.6 is 0 Å². The molecule has 2 nitrogen and oxygen atoms in total. The molecule has 1 N–H and O–H groups in total. The van der Waals surface area contributed by atoms with Crippen LogP contribution in [0.5, 0.6) is 0 Å². The van der Waals surface area contributed by atoms with Crippen molar-refractivity contribution in [2.24, 2.45) is 23.7 Å². The highest BCUT2D eigenvalue weighted by Gasteiger charge is 2.35. The summed E-state index contributed by atoms with van der Waals surface area (Å²) in [6.45, 7) is 8.94. The maximum atomic E-state index is 5.76. The van der Waals surface area contributed by atoms with Crippen LogP contribution in [0.1, 0.15) is 58.8 Å². The van der Waals surface area contributed by atoms with Crippen molar-refractivity contribution in [2.45, 2.75) is 58.8 Å². The van der Waals surface area contributed by atoms with E-state index in [1.54, 1.807) is 0 Å². The number of hydrogen-bond donors (Lipinski definition) is 1. The first-order chi connectivity index (χ1) is 9.35. The Morgan fingerprint density at radius 3 is 2.74 bits per heavy atom. The Labute approximate surface area is 119 Å². The summed E-state index contributed by atoms with van der Waals surface area (Å²) in [6.07, 6.45) is 9.87. The highest BCUT2D eigenvalue weighted by Crippen LogP contribution is 2.42. The highest BCUT2D eigenvalue weighted by molar-refractivity contribution is 4.86. The van der Waals surface area contributed by atoms with Crippen LogP contribution in [0.15, 0.2) is 0 Å². The smallest absolute Gasteiger partial charge is 0.0497 e. The molecule has 0 radical (unpaired) electrons. The van der Waals surface area contributed by atoms with Crippen molar-refractivity contribution in [1.29, 1.82) is 0 Å². The minimum absolute atomic E-state index is 0.845. The van der Waals surface area contributed by atoms with Crippen LogP contribution in [0.3, 0.4) is 0 Å². The minimum Gasteiger partial charge on any atom is -0.381 e. The zero-order chi connectivity index (χ0) is 13.5. The highest BCUT2D eigenvalue weighted by atomic mass is 16.5. The molecule has 0 spiro atoms. The minimum atomic E-state index is 0.845. The van der Waals surface area contributed by atoms with E-state index in [2.05, 4.69) is 19.2 Å². The lowest BCUT2D eigenvalue weighted by Gasteiger charge is -2.42. The van der Waals surface area contributed by atoms with E-state index in [1.165, 1.54) is 51.5 Å². The van der Waals surface area contributed by atoms with Crippen molar-refractivity contribution in [3.63, 3.8) is 0 Å². The second kappa shape index (κ2) is 8.26. The van der Waals surface area contributed by atoms with Crippen molar-refractivity contribution in [1.82, 2.24) is 5.32 Å². The van der Waals surface area contributed by atoms with Crippen LogP contribution in [-0.4, -0.2) is 26.3 Å². The molecule has 2 heteroatoms. The molecule has 19 heavy (non-hydrogen) atoms. The predicted octanol–water partition coefficient (Wildman–Crippen LogP) is 3.86. The topological polar surface area (TPSA) is 21.3 Å². The van der Waals surface area contributed by atoms with Gasteiger partial charge >= 0.3 is 0 Å². The van der Waals surface area contributed by atoms with Gasteiger partial charge in [-0.1, -0.05) is 33.1 Å². The van der Waals surface area contributed by atoms with Crippen LogP contribution in [-0.2, 0) is 4.74 Å². The zero-order valence-electron chi connectivity index (χ0n) is 13.0. The summed E-state index contributed by atoms with van der Waals surface area (Å²) in [6, 6.07) is 0. The Morgan fingerprint density at radius 1 is 1.16 bits per heavy atom. The zero-order valence-corrected chi connectivity index (χ0v) is 13.0. The summed E-state index contributed by atoms with van der Waals surface area (Å²) in [7, 11) is 0. The van der Waals surface area contributed by atoms with Crippen LogP contribution in [0.25, 0.3) is 0 Å². The van der Waals surface area contributed by atoms with E-state index >= 15 is 0 Å². The van der Waals surface area contributed by atoms with Gasteiger partial charge in [0.25, 0.3) is 0 Å². The number of nitrogens with one attached hydrogen (secondary N) is 1. The van der Waals surface area contributed by atoms with Gasteiger partial charge in [-0.3, -0.25) is 0 Å². The first-order valence-electron chi connectivity index (χ1n) is 8.63. The van der Waals surface area contributed by atoms with Crippen molar-refractivity contribution in [2.75, 3.05) is 26.3 Å². The van der Waals surface area contributed by atoms with Gasteiger partial charge in [-0.05, 0) is 62.4 Å². The molecule has 0 aromatic heterocycles. The molecular formula is C17H33NO. The quantitative estimate of drug-likeness (QED) is 0.789. The molecule has 1 saturated heterocycles. The van der Waals surface area contributed by atoms with Crippen molar-refractivity contribution in [3.8, 4) is 0 Å². The molecular weight excluding hydrogens is 234 g/mol. The van der Waals surface area contributed by atoms with Crippen molar-refractivity contribution < 1.29 is 4.74 Å². The Kier molecular flexibility index (Phi) is 6.66. The molecule has 2 fully saturated rings. The maximum absolute atomic E-state index is 5.76. The van der Waals surface area contributed by atoms with E-state index in [1.807, 2.05) is 0 Å². The van der Waals surface area contributed by atoms with E-state index in [0.29, 0.717) is 0 Å². The van der Waals surface area contributed by atoms with Gasteiger partial charge in [-0.15, -0.1) is 0 Å². The number of ether oxygens (including phenoxy) is 1. The van der Waals surface area contributed by atoms with E-state index in [9.17, 15) is 0 Å². The predicted molar refractivity (Wildman–Crippen MR) is 81.3 cm³/mol. The molecule has 0 bridgehead atoms.